The van der Waals surface area contributed by atoms with Crippen LogP contribution in [0.15, 0.2) is 81.1 Å². The Balaban J connectivity index is 1.53. The Morgan fingerprint density at radius 2 is 1.62 bits per heavy atom. The minimum atomic E-state index is -3.94. The molecule has 190 valence electrons. The molecule has 0 bridgehead atoms. The van der Waals surface area contributed by atoms with Crippen molar-refractivity contribution < 1.29 is 27.2 Å². The van der Waals surface area contributed by atoms with Crippen LogP contribution in [0, 0.1) is 17.0 Å². The SMILES string of the molecule is COc1ccc(/C=N\NS(=O)(=O)c2ccc(-c3nc(C)oc3-c3ccc([N+](=O)[O-])cc3)cc2)cc1OC. The molecule has 11 nitrogen and oxygen atoms in total. The first-order valence-corrected chi connectivity index (χ1v) is 12.3. The van der Waals surface area contributed by atoms with Crippen molar-refractivity contribution in [3.05, 3.63) is 88.3 Å². The van der Waals surface area contributed by atoms with Gasteiger partial charge in [-0.05, 0) is 48.0 Å². The quantitative estimate of drug-likeness (QED) is 0.191. The molecule has 1 N–H and O–H groups in total. The molecule has 37 heavy (non-hydrogen) atoms. The molecule has 0 radical (unpaired) electrons. The molecule has 0 atom stereocenters. The summed E-state index contributed by atoms with van der Waals surface area (Å²) in [5.41, 5.74) is 2.25. The van der Waals surface area contributed by atoms with Gasteiger partial charge in [0.05, 0.1) is 30.3 Å². The maximum atomic E-state index is 12.7. The number of nitrogens with zero attached hydrogens (tertiary/aromatic N) is 3. The molecule has 1 heterocycles. The Morgan fingerprint density at radius 1 is 0.973 bits per heavy atom. The van der Waals surface area contributed by atoms with E-state index in [-0.39, 0.29) is 10.6 Å². The topological polar surface area (TPSA) is 146 Å². The summed E-state index contributed by atoms with van der Waals surface area (Å²) in [4.78, 5) is 17.0. The molecule has 0 aliphatic heterocycles. The highest BCUT2D eigenvalue weighted by atomic mass is 32.2. The Bertz CT molecular complexity index is 1560. The van der Waals surface area contributed by atoms with Crippen LogP contribution in [-0.4, -0.2) is 38.8 Å². The highest BCUT2D eigenvalue weighted by molar-refractivity contribution is 7.89. The molecule has 4 rings (SSSR count). The van der Waals surface area contributed by atoms with Gasteiger partial charge in [-0.25, -0.2) is 9.82 Å². The van der Waals surface area contributed by atoms with Crippen molar-refractivity contribution in [3.63, 3.8) is 0 Å². The third-order valence-corrected chi connectivity index (χ3v) is 6.55. The minimum Gasteiger partial charge on any atom is -0.493 e. The zero-order valence-electron chi connectivity index (χ0n) is 20.0. The van der Waals surface area contributed by atoms with Crippen molar-refractivity contribution in [1.29, 1.82) is 0 Å². The van der Waals surface area contributed by atoms with E-state index in [1.807, 2.05) is 0 Å². The van der Waals surface area contributed by atoms with Crippen LogP contribution in [0.5, 0.6) is 11.5 Å². The van der Waals surface area contributed by atoms with E-state index in [4.69, 9.17) is 13.9 Å². The van der Waals surface area contributed by atoms with Gasteiger partial charge in [-0.15, -0.1) is 0 Å². The largest absolute Gasteiger partial charge is 0.493 e. The van der Waals surface area contributed by atoms with E-state index < -0.39 is 14.9 Å². The number of oxazole rings is 1. The fourth-order valence-corrected chi connectivity index (χ4v) is 4.29. The van der Waals surface area contributed by atoms with Crippen LogP contribution in [0.25, 0.3) is 22.6 Å². The van der Waals surface area contributed by atoms with Crippen molar-refractivity contribution in [2.75, 3.05) is 14.2 Å². The lowest BCUT2D eigenvalue weighted by Gasteiger charge is -2.08. The second-order valence-electron chi connectivity index (χ2n) is 7.71. The van der Waals surface area contributed by atoms with Gasteiger partial charge in [-0.2, -0.15) is 13.5 Å². The number of nitro groups is 1. The third-order valence-electron chi connectivity index (χ3n) is 5.31. The van der Waals surface area contributed by atoms with Crippen LogP contribution in [0.1, 0.15) is 11.5 Å². The summed E-state index contributed by atoms with van der Waals surface area (Å²) in [6.07, 6.45) is 1.35. The van der Waals surface area contributed by atoms with Gasteiger partial charge in [0, 0.05) is 30.2 Å². The van der Waals surface area contributed by atoms with Crippen LogP contribution in [0.3, 0.4) is 0 Å². The molecule has 4 aromatic rings. The first kappa shape index (κ1) is 25.4. The maximum Gasteiger partial charge on any atom is 0.276 e. The Kier molecular flexibility index (Phi) is 7.20. The van der Waals surface area contributed by atoms with Crippen LogP contribution < -0.4 is 14.3 Å². The first-order chi connectivity index (χ1) is 17.7. The molecule has 0 aliphatic rings. The van der Waals surface area contributed by atoms with Gasteiger partial charge >= 0.3 is 0 Å². The smallest absolute Gasteiger partial charge is 0.276 e. The normalized spacial score (nSPS) is 11.4. The second-order valence-corrected chi connectivity index (χ2v) is 9.37. The molecular weight excluding hydrogens is 500 g/mol. The van der Waals surface area contributed by atoms with Crippen molar-refractivity contribution in [1.82, 2.24) is 9.82 Å². The van der Waals surface area contributed by atoms with Crippen molar-refractivity contribution in [2.24, 2.45) is 5.10 Å². The van der Waals surface area contributed by atoms with Gasteiger partial charge < -0.3 is 13.9 Å². The minimum absolute atomic E-state index is 0.00202. The summed E-state index contributed by atoms with van der Waals surface area (Å²) in [6, 6.07) is 17.0. The van der Waals surface area contributed by atoms with Gasteiger partial charge in [0.15, 0.2) is 23.1 Å². The number of ether oxygens (including phenoxy) is 2. The Morgan fingerprint density at radius 3 is 2.24 bits per heavy atom. The molecular formula is C25H22N4O7S. The van der Waals surface area contributed by atoms with Gasteiger partial charge in [-0.3, -0.25) is 10.1 Å². The number of methoxy groups -OCH3 is 2. The van der Waals surface area contributed by atoms with Crippen LogP contribution in [0.2, 0.25) is 0 Å². The van der Waals surface area contributed by atoms with Crippen LogP contribution in [0.4, 0.5) is 5.69 Å². The number of rotatable bonds is 9. The summed E-state index contributed by atoms with van der Waals surface area (Å²) in [5, 5.41) is 14.8. The predicted molar refractivity (Wildman–Crippen MR) is 136 cm³/mol. The number of hydrazone groups is 1. The Labute approximate surface area is 212 Å². The molecule has 0 spiro atoms. The Hall–Kier alpha value is -4.71. The lowest BCUT2D eigenvalue weighted by atomic mass is 10.1. The van der Waals surface area contributed by atoms with Gasteiger partial charge in [0.2, 0.25) is 0 Å². The number of nitrogens with one attached hydrogen (secondary N) is 1. The van der Waals surface area contributed by atoms with E-state index in [1.54, 1.807) is 49.4 Å². The number of hydrogen-bond acceptors (Lipinski definition) is 9. The number of aromatic nitrogens is 1. The lowest BCUT2D eigenvalue weighted by Crippen LogP contribution is -2.18. The van der Waals surface area contributed by atoms with Gasteiger partial charge in [-0.1, -0.05) is 12.1 Å². The summed E-state index contributed by atoms with van der Waals surface area (Å²) < 4.78 is 41.6. The summed E-state index contributed by atoms with van der Waals surface area (Å²) in [7, 11) is -0.920. The van der Waals surface area contributed by atoms with Crippen LogP contribution in [-0.2, 0) is 10.0 Å². The molecule has 0 saturated carbocycles. The monoisotopic (exact) mass is 522 g/mol. The zero-order valence-corrected chi connectivity index (χ0v) is 20.9. The molecule has 0 fully saturated rings. The summed E-state index contributed by atoms with van der Waals surface area (Å²) >= 11 is 0. The van der Waals surface area contributed by atoms with Crippen molar-refractivity contribution in [2.45, 2.75) is 11.8 Å². The standard InChI is InChI=1S/C25H22N4O7S/c1-16-27-24(25(36-16)19-5-9-20(10-6-19)29(30)31)18-7-11-21(12-8-18)37(32,33)28-26-15-17-4-13-22(34-2)23(14-17)35-3/h4-15,28H,1-3H3/b26-15-. The van der Waals surface area contributed by atoms with Crippen molar-refractivity contribution >= 4 is 21.9 Å². The van der Waals surface area contributed by atoms with E-state index in [2.05, 4.69) is 14.9 Å². The number of benzene rings is 3. The highest BCUT2D eigenvalue weighted by Crippen LogP contribution is 2.34. The number of nitro benzene ring substituents is 1. The van der Waals surface area contributed by atoms with E-state index in [1.165, 1.54) is 44.7 Å². The van der Waals surface area contributed by atoms with Gasteiger partial charge in [0.1, 0.15) is 5.69 Å². The number of hydrogen-bond donors (Lipinski definition) is 1. The fourth-order valence-electron chi connectivity index (χ4n) is 3.50. The summed E-state index contributed by atoms with van der Waals surface area (Å²) in [6.45, 7) is 1.68. The number of aryl methyl sites for hydroxylation is 1. The fraction of sp³-hybridized carbons (Fsp3) is 0.120. The molecule has 0 amide bonds. The molecule has 3 aromatic carbocycles. The highest BCUT2D eigenvalue weighted by Gasteiger charge is 2.18. The molecule has 0 saturated heterocycles. The van der Waals surface area contributed by atoms with Gasteiger partial charge in [0.25, 0.3) is 15.7 Å². The first-order valence-electron chi connectivity index (χ1n) is 10.8. The van der Waals surface area contributed by atoms with E-state index in [0.29, 0.717) is 45.5 Å². The molecule has 12 heteroatoms. The van der Waals surface area contributed by atoms with E-state index in [0.717, 1.165) is 0 Å². The maximum absolute atomic E-state index is 12.7. The predicted octanol–water partition coefficient (Wildman–Crippen LogP) is 4.55. The average Bonchev–Trinajstić information content (AvgIpc) is 3.30. The average molecular weight is 523 g/mol. The van der Waals surface area contributed by atoms with Crippen molar-refractivity contribution in [3.8, 4) is 34.1 Å². The van der Waals surface area contributed by atoms with E-state index in [9.17, 15) is 18.5 Å². The lowest BCUT2D eigenvalue weighted by molar-refractivity contribution is -0.384. The molecule has 0 aliphatic carbocycles. The molecule has 0 unspecified atom stereocenters. The number of non-ortho nitro benzene ring substituents is 1. The zero-order chi connectivity index (χ0) is 26.6. The van der Waals surface area contributed by atoms with Crippen LogP contribution >= 0.6 is 0 Å². The third kappa shape index (κ3) is 5.59. The molecule has 1 aromatic heterocycles. The number of sulfonamides is 1. The van der Waals surface area contributed by atoms with E-state index >= 15 is 0 Å². The summed E-state index contributed by atoms with van der Waals surface area (Å²) in [5.74, 6) is 1.84. The second kappa shape index (κ2) is 10.5.